The van der Waals surface area contributed by atoms with Crippen LogP contribution in [0, 0.1) is 5.92 Å². The van der Waals surface area contributed by atoms with Crippen molar-refractivity contribution in [2.24, 2.45) is 5.92 Å². The zero-order valence-corrected chi connectivity index (χ0v) is 20.3. The molecule has 0 saturated carbocycles. The molecule has 1 aliphatic heterocycles. The highest BCUT2D eigenvalue weighted by molar-refractivity contribution is 7.89. The molecule has 2 aromatic carbocycles. The van der Waals surface area contributed by atoms with Crippen LogP contribution in [-0.4, -0.2) is 62.0 Å². The molecule has 2 aromatic rings. The van der Waals surface area contributed by atoms with E-state index < -0.39 is 10.0 Å². The van der Waals surface area contributed by atoms with E-state index >= 15 is 0 Å². The molecule has 0 bridgehead atoms. The molecule has 1 amide bonds. The van der Waals surface area contributed by atoms with Crippen molar-refractivity contribution in [2.75, 3.05) is 26.7 Å². The lowest BCUT2D eigenvalue weighted by molar-refractivity contribution is -0.143. The van der Waals surface area contributed by atoms with E-state index in [4.69, 9.17) is 4.74 Å². The Bertz CT molecular complexity index is 1110. The number of sulfonamides is 1. The fourth-order valence-electron chi connectivity index (χ4n) is 4.01. The number of ketones is 1. The fourth-order valence-corrected chi connectivity index (χ4v) is 5.48. The van der Waals surface area contributed by atoms with E-state index in [9.17, 15) is 22.8 Å². The van der Waals surface area contributed by atoms with Gasteiger partial charge in [-0.05, 0) is 37.5 Å². The molecule has 0 spiro atoms. The maximum Gasteiger partial charge on any atom is 0.307 e. The van der Waals surface area contributed by atoms with Crippen LogP contribution in [0.25, 0.3) is 0 Å². The number of ether oxygens (including phenoxy) is 1. The number of nitrogens with zero attached hydrogens (tertiary/aromatic N) is 2. The Kier molecular flexibility index (Phi) is 8.57. The summed E-state index contributed by atoms with van der Waals surface area (Å²) in [6.45, 7) is 2.49. The Labute approximate surface area is 200 Å². The second-order valence-electron chi connectivity index (χ2n) is 8.33. The van der Waals surface area contributed by atoms with Crippen molar-refractivity contribution < 1.29 is 27.5 Å². The monoisotopic (exact) mass is 486 g/mol. The second-order valence-corrected chi connectivity index (χ2v) is 10.3. The topological polar surface area (TPSA) is 101 Å². The van der Waals surface area contributed by atoms with Gasteiger partial charge in [-0.15, -0.1) is 0 Å². The minimum atomic E-state index is -3.71. The number of piperidine rings is 1. The van der Waals surface area contributed by atoms with Gasteiger partial charge in [-0.1, -0.05) is 42.5 Å². The molecule has 0 aliphatic carbocycles. The van der Waals surface area contributed by atoms with Gasteiger partial charge in [0.2, 0.25) is 15.9 Å². The van der Waals surface area contributed by atoms with Gasteiger partial charge in [-0.25, -0.2) is 8.42 Å². The first-order valence-corrected chi connectivity index (χ1v) is 12.7. The summed E-state index contributed by atoms with van der Waals surface area (Å²) in [6, 6.07) is 15.4. The minimum absolute atomic E-state index is 0.0874. The molecule has 8 nitrogen and oxygen atoms in total. The third-order valence-electron chi connectivity index (χ3n) is 6.04. The summed E-state index contributed by atoms with van der Waals surface area (Å²) < 4.78 is 32.2. The van der Waals surface area contributed by atoms with Gasteiger partial charge in [0, 0.05) is 37.7 Å². The van der Waals surface area contributed by atoms with Crippen molar-refractivity contribution in [1.29, 1.82) is 0 Å². The molecule has 0 N–H and O–H groups in total. The average molecular weight is 487 g/mol. The molecule has 0 aromatic heterocycles. The van der Waals surface area contributed by atoms with E-state index in [1.165, 1.54) is 42.6 Å². The highest BCUT2D eigenvalue weighted by atomic mass is 32.2. The molecule has 34 heavy (non-hydrogen) atoms. The normalized spacial score (nSPS) is 15.0. The van der Waals surface area contributed by atoms with E-state index in [1.807, 2.05) is 30.3 Å². The molecular formula is C25H30N2O6S. The number of Topliss-reactive ketones (excluding diaryl/α,β-unsaturated/α-hetero) is 1. The lowest BCUT2D eigenvalue weighted by atomic mass is 9.96. The Morgan fingerprint density at radius 2 is 1.62 bits per heavy atom. The first-order chi connectivity index (χ1) is 16.2. The summed E-state index contributed by atoms with van der Waals surface area (Å²) in [5.74, 6) is -0.929. The largest absolute Gasteiger partial charge is 0.469 e. The predicted molar refractivity (Wildman–Crippen MR) is 126 cm³/mol. The maximum absolute atomic E-state index is 13.3. The van der Waals surface area contributed by atoms with Gasteiger partial charge in [0.05, 0.1) is 18.4 Å². The third-order valence-corrected chi connectivity index (χ3v) is 7.96. The molecule has 1 saturated heterocycles. The number of benzene rings is 2. The Morgan fingerprint density at radius 3 is 2.18 bits per heavy atom. The summed E-state index contributed by atoms with van der Waals surface area (Å²) in [6.07, 6.45) is 0.888. The summed E-state index contributed by atoms with van der Waals surface area (Å²) >= 11 is 0. The summed E-state index contributed by atoms with van der Waals surface area (Å²) in [5, 5.41) is 0. The summed E-state index contributed by atoms with van der Waals surface area (Å²) in [5.41, 5.74) is 1.41. The van der Waals surface area contributed by atoms with Gasteiger partial charge >= 0.3 is 5.97 Å². The molecule has 1 aliphatic rings. The molecule has 0 atom stereocenters. The van der Waals surface area contributed by atoms with E-state index in [0.29, 0.717) is 24.9 Å². The van der Waals surface area contributed by atoms with Crippen LogP contribution in [0.1, 0.15) is 42.1 Å². The molecule has 1 fully saturated rings. The summed E-state index contributed by atoms with van der Waals surface area (Å²) in [4.78, 5) is 38.2. The number of methoxy groups -OCH3 is 1. The van der Waals surface area contributed by atoms with Gasteiger partial charge in [-0.2, -0.15) is 4.31 Å². The van der Waals surface area contributed by atoms with Gasteiger partial charge < -0.3 is 9.64 Å². The number of hydrogen-bond acceptors (Lipinski definition) is 6. The average Bonchev–Trinajstić information content (AvgIpc) is 2.86. The van der Waals surface area contributed by atoms with Crippen molar-refractivity contribution in [1.82, 2.24) is 9.21 Å². The van der Waals surface area contributed by atoms with Gasteiger partial charge in [-0.3, -0.25) is 14.4 Å². The predicted octanol–water partition coefficient (Wildman–Crippen LogP) is 2.88. The molecule has 182 valence electrons. The molecular weight excluding hydrogens is 456 g/mol. The Balaban J connectivity index is 1.66. The van der Waals surface area contributed by atoms with Crippen molar-refractivity contribution in [3.05, 3.63) is 65.7 Å². The maximum atomic E-state index is 13.3. The van der Waals surface area contributed by atoms with Gasteiger partial charge in [0.15, 0.2) is 5.78 Å². The number of carbonyl (C=O) groups is 3. The van der Waals surface area contributed by atoms with Crippen LogP contribution in [0.15, 0.2) is 59.5 Å². The highest BCUT2D eigenvalue weighted by Gasteiger charge is 2.34. The number of carbonyl (C=O) groups excluding carboxylic acids is 3. The van der Waals surface area contributed by atoms with Gasteiger partial charge in [0.25, 0.3) is 0 Å². The quantitative estimate of drug-likeness (QED) is 0.399. The third kappa shape index (κ3) is 6.30. The fraction of sp³-hybridized carbons (Fsp3) is 0.400. The lowest BCUT2D eigenvalue weighted by Crippen LogP contribution is -2.44. The number of rotatable bonds is 9. The molecule has 3 rings (SSSR count). The minimum Gasteiger partial charge on any atom is -0.469 e. The zero-order valence-electron chi connectivity index (χ0n) is 19.5. The van der Waals surface area contributed by atoms with E-state index in [0.717, 1.165) is 5.56 Å². The first kappa shape index (κ1) is 25.6. The Morgan fingerprint density at radius 1 is 1.00 bits per heavy atom. The van der Waals surface area contributed by atoms with Crippen LogP contribution in [0.2, 0.25) is 0 Å². The van der Waals surface area contributed by atoms with Gasteiger partial charge in [0.1, 0.15) is 0 Å². The van der Waals surface area contributed by atoms with Crippen LogP contribution in [-0.2, 0) is 30.9 Å². The van der Waals surface area contributed by atoms with Crippen molar-refractivity contribution in [3.63, 3.8) is 0 Å². The highest BCUT2D eigenvalue weighted by Crippen LogP contribution is 2.26. The van der Waals surface area contributed by atoms with Crippen LogP contribution < -0.4 is 0 Å². The van der Waals surface area contributed by atoms with Crippen LogP contribution in [0.4, 0.5) is 0 Å². The van der Waals surface area contributed by atoms with Crippen LogP contribution in [0.5, 0.6) is 0 Å². The molecule has 1 heterocycles. The SMILES string of the molecule is COC(=O)CCN(Cc1ccccc1)C(=O)C1CCN(S(=O)(=O)c2ccc(C(C)=O)cc2)CC1. The van der Waals surface area contributed by atoms with Crippen molar-refractivity contribution in [3.8, 4) is 0 Å². The van der Waals surface area contributed by atoms with E-state index in [1.54, 1.807) is 4.90 Å². The van der Waals surface area contributed by atoms with E-state index in [-0.39, 0.29) is 54.5 Å². The second kappa shape index (κ2) is 11.4. The molecule has 0 radical (unpaired) electrons. The van der Waals surface area contributed by atoms with Crippen LogP contribution in [0.3, 0.4) is 0 Å². The molecule has 9 heteroatoms. The number of esters is 1. The van der Waals surface area contributed by atoms with E-state index in [2.05, 4.69) is 0 Å². The Hall–Kier alpha value is -3.04. The molecule has 0 unspecified atom stereocenters. The number of amides is 1. The van der Waals surface area contributed by atoms with Crippen molar-refractivity contribution in [2.45, 2.75) is 37.6 Å². The smallest absolute Gasteiger partial charge is 0.307 e. The first-order valence-electron chi connectivity index (χ1n) is 11.2. The lowest BCUT2D eigenvalue weighted by Gasteiger charge is -2.33. The zero-order chi connectivity index (χ0) is 24.7. The standard InChI is InChI=1S/C25H30N2O6S/c1-19(28)21-8-10-23(11-9-21)34(31,32)27-16-12-22(13-17-27)25(30)26(15-14-24(29)33-2)18-20-6-4-3-5-7-20/h3-11,22H,12-18H2,1-2H3. The summed E-state index contributed by atoms with van der Waals surface area (Å²) in [7, 11) is -2.40. The number of hydrogen-bond donors (Lipinski definition) is 0. The van der Waals surface area contributed by atoms with Crippen molar-refractivity contribution >= 4 is 27.7 Å². The van der Waals surface area contributed by atoms with Crippen LogP contribution >= 0.6 is 0 Å².